The smallest absolute Gasteiger partial charge is 0.274 e. The van der Waals surface area contributed by atoms with Gasteiger partial charge in [0, 0.05) is 23.7 Å². The molecule has 0 radical (unpaired) electrons. The van der Waals surface area contributed by atoms with Crippen molar-refractivity contribution in [1.29, 1.82) is 0 Å². The van der Waals surface area contributed by atoms with Crippen LogP contribution in [0.2, 0.25) is 5.02 Å². The van der Waals surface area contributed by atoms with Crippen LogP contribution in [0, 0.1) is 0 Å². The van der Waals surface area contributed by atoms with Gasteiger partial charge in [-0.25, -0.2) is 0 Å². The first-order chi connectivity index (χ1) is 12.6. The number of benzene rings is 2. The zero-order valence-electron chi connectivity index (χ0n) is 13.9. The third-order valence-corrected chi connectivity index (χ3v) is 5.08. The number of para-hydroxylation sites is 1. The Labute approximate surface area is 155 Å². The number of carbonyl (C=O) groups excluding carboxylic acids is 2. The van der Waals surface area contributed by atoms with Crippen LogP contribution >= 0.6 is 11.6 Å². The molecule has 0 spiro atoms. The van der Waals surface area contributed by atoms with Gasteiger partial charge in [-0.15, -0.1) is 0 Å². The fraction of sp³-hybridized carbons (Fsp3) is 0.211. The molecule has 2 N–H and O–H groups in total. The number of hydrogen-bond donors (Lipinski definition) is 1. The molecule has 2 aromatic carbocycles. The quantitative estimate of drug-likeness (QED) is 0.903. The lowest BCUT2D eigenvalue weighted by molar-refractivity contribution is -0.119. The zero-order valence-corrected chi connectivity index (χ0v) is 14.7. The Morgan fingerprint density at radius 3 is 2.62 bits per heavy atom. The SMILES string of the molecule is NC(=O)[C@H]1CC(C(=O)N2CCc3c(Cl)cccc32)=NN1c1ccccc1. The van der Waals surface area contributed by atoms with Crippen LogP contribution in [0.3, 0.4) is 0 Å². The van der Waals surface area contributed by atoms with Gasteiger partial charge in [-0.1, -0.05) is 35.9 Å². The van der Waals surface area contributed by atoms with E-state index in [1.54, 1.807) is 4.90 Å². The Morgan fingerprint density at radius 2 is 1.88 bits per heavy atom. The van der Waals surface area contributed by atoms with Gasteiger partial charge in [0.25, 0.3) is 5.91 Å². The van der Waals surface area contributed by atoms with E-state index in [0.29, 0.717) is 23.7 Å². The van der Waals surface area contributed by atoms with Crippen LogP contribution in [0.25, 0.3) is 0 Å². The molecule has 132 valence electrons. The predicted octanol–water partition coefficient (Wildman–Crippen LogP) is 2.35. The summed E-state index contributed by atoms with van der Waals surface area (Å²) in [6.45, 7) is 0.545. The summed E-state index contributed by atoms with van der Waals surface area (Å²) in [5.41, 5.74) is 8.36. The first-order valence-corrected chi connectivity index (χ1v) is 8.74. The van der Waals surface area contributed by atoms with Crippen LogP contribution in [0.4, 0.5) is 11.4 Å². The molecule has 2 aliphatic heterocycles. The van der Waals surface area contributed by atoms with Gasteiger partial charge in [0.1, 0.15) is 11.8 Å². The Morgan fingerprint density at radius 1 is 1.12 bits per heavy atom. The normalized spacial score (nSPS) is 18.7. The van der Waals surface area contributed by atoms with Crippen molar-refractivity contribution in [2.24, 2.45) is 10.8 Å². The summed E-state index contributed by atoms with van der Waals surface area (Å²) >= 11 is 6.23. The number of primary amides is 1. The van der Waals surface area contributed by atoms with Crippen molar-refractivity contribution in [2.75, 3.05) is 16.5 Å². The summed E-state index contributed by atoms with van der Waals surface area (Å²) in [7, 11) is 0. The lowest BCUT2D eigenvalue weighted by Gasteiger charge is -2.20. The minimum absolute atomic E-state index is 0.190. The molecule has 26 heavy (non-hydrogen) atoms. The van der Waals surface area contributed by atoms with E-state index in [-0.39, 0.29) is 12.3 Å². The standard InChI is InChI=1S/C19H17ClN4O2/c20-14-7-4-8-16-13(14)9-10-23(16)19(26)15-11-17(18(21)25)24(22-15)12-5-2-1-3-6-12/h1-8,17H,9-11H2,(H2,21,25)/t17-/m1/s1. The number of rotatable bonds is 3. The third-order valence-electron chi connectivity index (χ3n) is 4.72. The topological polar surface area (TPSA) is 79.0 Å². The van der Waals surface area contributed by atoms with Crippen LogP contribution in [0.15, 0.2) is 53.6 Å². The highest BCUT2D eigenvalue weighted by Crippen LogP contribution is 2.34. The average molecular weight is 369 g/mol. The van der Waals surface area contributed by atoms with Crippen LogP contribution in [0.1, 0.15) is 12.0 Å². The number of hydrazone groups is 1. The number of carbonyl (C=O) groups is 2. The van der Waals surface area contributed by atoms with Crippen molar-refractivity contribution in [3.05, 3.63) is 59.1 Å². The van der Waals surface area contributed by atoms with Crippen molar-refractivity contribution in [3.63, 3.8) is 0 Å². The first-order valence-electron chi connectivity index (χ1n) is 8.36. The molecule has 6 nitrogen and oxygen atoms in total. The molecule has 0 aliphatic carbocycles. The third kappa shape index (κ3) is 2.72. The second-order valence-electron chi connectivity index (χ2n) is 6.29. The summed E-state index contributed by atoms with van der Waals surface area (Å²) in [6, 6.07) is 14.1. The van der Waals surface area contributed by atoms with Crippen molar-refractivity contribution < 1.29 is 9.59 Å². The van der Waals surface area contributed by atoms with Gasteiger partial charge in [0.05, 0.1) is 5.69 Å². The van der Waals surface area contributed by atoms with Gasteiger partial charge in [-0.2, -0.15) is 5.10 Å². The monoisotopic (exact) mass is 368 g/mol. The van der Waals surface area contributed by atoms with Gasteiger partial charge in [-0.05, 0) is 36.2 Å². The second kappa shape index (κ2) is 6.46. The van der Waals surface area contributed by atoms with E-state index < -0.39 is 11.9 Å². The maximum Gasteiger partial charge on any atom is 0.274 e. The fourth-order valence-electron chi connectivity index (χ4n) is 3.44. The summed E-state index contributed by atoms with van der Waals surface area (Å²) in [6.07, 6.45) is 0.894. The molecule has 2 heterocycles. The Kier molecular flexibility index (Phi) is 4.12. The van der Waals surface area contributed by atoms with E-state index in [1.165, 1.54) is 5.01 Å². The number of fused-ring (bicyclic) bond motifs is 1. The molecule has 4 rings (SSSR count). The summed E-state index contributed by atoms with van der Waals surface area (Å²) in [5, 5.41) is 6.62. The highest BCUT2D eigenvalue weighted by molar-refractivity contribution is 6.45. The maximum atomic E-state index is 13.0. The molecule has 2 aliphatic rings. The molecular weight excluding hydrogens is 352 g/mol. The fourth-order valence-corrected chi connectivity index (χ4v) is 3.70. The minimum Gasteiger partial charge on any atom is -0.368 e. The molecule has 0 fully saturated rings. The molecule has 0 aromatic heterocycles. The van der Waals surface area contributed by atoms with Gasteiger partial charge in [-0.3, -0.25) is 14.6 Å². The van der Waals surface area contributed by atoms with E-state index in [4.69, 9.17) is 17.3 Å². The average Bonchev–Trinajstić information content (AvgIpc) is 3.27. The van der Waals surface area contributed by atoms with Gasteiger partial charge in [0.15, 0.2) is 0 Å². The second-order valence-corrected chi connectivity index (χ2v) is 6.70. The molecule has 0 bridgehead atoms. The molecule has 2 aromatic rings. The number of anilines is 2. The van der Waals surface area contributed by atoms with Crippen molar-refractivity contribution >= 4 is 40.5 Å². The number of nitrogens with zero attached hydrogens (tertiary/aromatic N) is 3. The van der Waals surface area contributed by atoms with E-state index in [9.17, 15) is 9.59 Å². The molecule has 0 unspecified atom stereocenters. The number of amides is 2. The predicted molar refractivity (Wildman–Crippen MR) is 101 cm³/mol. The number of halogens is 1. The van der Waals surface area contributed by atoms with Crippen LogP contribution < -0.4 is 15.6 Å². The molecule has 1 atom stereocenters. The van der Waals surface area contributed by atoms with Gasteiger partial charge in [0.2, 0.25) is 5.91 Å². The highest BCUT2D eigenvalue weighted by Gasteiger charge is 2.38. The molecular formula is C19H17ClN4O2. The van der Waals surface area contributed by atoms with E-state index >= 15 is 0 Å². The number of nitrogens with two attached hydrogens (primary N) is 1. The Hall–Kier alpha value is -2.86. The van der Waals surface area contributed by atoms with E-state index in [2.05, 4.69) is 5.10 Å². The first kappa shape index (κ1) is 16.6. The van der Waals surface area contributed by atoms with E-state index in [1.807, 2.05) is 48.5 Å². The van der Waals surface area contributed by atoms with Crippen molar-refractivity contribution in [3.8, 4) is 0 Å². The van der Waals surface area contributed by atoms with Crippen LogP contribution in [0.5, 0.6) is 0 Å². The molecule has 0 saturated carbocycles. The van der Waals surface area contributed by atoms with Gasteiger partial charge < -0.3 is 10.6 Å². The summed E-state index contributed by atoms with van der Waals surface area (Å²) in [4.78, 5) is 26.6. The molecule has 7 heteroatoms. The summed E-state index contributed by atoms with van der Waals surface area (Å²) < 4.78 is 0. The largest absolute Gasteiger partial charge is 0.368 e. The number of hydrogen-bond acceptors (Lipinski definition) is 4. The lowest BCUT2D eigenvalue weighted by Crippen LogP contribution is -2.40. The van der Waals surface area contributed by atoms with Crippen molar-refractivity contribution in [2.45, 2.75) is 18.9 Å². The zero-order chi connectivity index (χ0) is 18.3. The van der Waals surface area contributed by atoms with Gasteiger partial charge >= 0.3 is 0 Å². The van der Waals surface area contributed by atoms with Crippen LogP contribution in [-0.4, -0.2) is 30.1 Å². The Balaban J connectivity index is 1.65. The highest BCUT2D eigenvalue weighted by atomic mass is 35.5. The Bertz CT molecular complexity index is 913. The van der Waals surface area contributed by atoms with Crippen molar-refractivity contribution in [1.82, 2.24) is 0 Å². The molecule has 0 saturated heterocycles. The van der Waals surface area contributed by atoms with Crippen LogP contribution in [-0.2, 0) is 16.0 Å². The van der Waals surface area contributed by atoms with E-state index in [0.717, 1.165) is 16.9 Å². The lowest BCUT2D eigenvalue weighted by atomic mass is 10.1. The minimum atomic E-state index is -0.669. The summed E-state index contributed by atoms with van der Waals surface area (Å²) in [5.74, 6) is -0.721. The maximum absolute atomic E-state index is 13.0. The molecule has 2 amide bonds.